The molecule has 0 aliphatic carbocycles. The van der Waals surface area contributed by atoms with Crippen LogP contribution in [0, 0.1) is 0 Å². The lowest BCUT2D eigenvalue weighted by Gasteiger charge is -2.28. The van der Waals surface area contributed by atoms with E-state index in [1.54, 1.807) is 0 Å². The Morgan fingerprint density at radius 2 is 1.23 bits per heavy atom. The molecule has 298 valence electrons. The van der Waals surface area contributed by atoms with Gasteiger partial charge in [-0.25, -0.2) is 0 Å². The molecular weight excluding hydrogens is 749 g/mol. The summed E-state index contributed by atoms with van der Waals surface area (Å²) in [5.74, 6) is 0. The van der Waals surface area contributed by atoms with Crippen molar-refractivity contribution in [3.8, 4) is 22.3 Å². The Kier molecular flexibility index (Phi) is 11.6. The first-order valence-corrected chi connectivity index (χ1v) is 21.2. The predicted molar refractivity (Wildman–Crippen MR) is 268 cm³/mol. The molecule has 1 aliphatic heterocycles. The maximum atomic E-state index is 4.87. The van der Waals surface area contributed by atoms with Gasteiger partial charge in [0.25, 0.3) is 0 Å². The van der Waals surface area contributed by atoms with E-state index in [1.165, 1.54) is 27.5 Å². The molecule has 8 aromatic carbocycles. The molecule has 0 fully saturated rings. The van der Waals surface area contributed by atoms with E-state index in [0.29, 0.717) is 6.54 Å². The zero-order valence-electron chi connectivity index (χ0n) is 35.0. The average molecular weight is 797 g/mol. The van der Waals surface area contributed by atoms with Crippen molar-refractivity contribution in [3.05, 3.63) is 272 Å². The smallest absolute Gasteiger partial charge is 0.0493 e. The number of rotatable bonds is 10. The van der Waals surface area contributed by atoms with Crippen LogP contribution in [0.25, 0.3) is 49.7 Å². The van der Waals surface area contributed by atoms with Crippen molar-refractivity contribution in [3.63, 3.8) is 0 Å². The van der Waals surface area contributed by atoms with Gasteiger partial charge in [0.1, 0.15) is 0 Å². The number of fused-ring (bicyclic) bond motifs is 2. The standard InChI is InChI=1S/C60H48N2/c1-4-52(37-33-44(2)46-20-8-5-9-21-46)62(54-38-34-49(35-39-54)58-32-19-25-48-24-14-15-31-57(48)58)55-29-18-26-51(42-55)56-30-16-17-41-61(53-27-12-7-13-28-53)60-40-36-50(43-59(60)45(56)3)47-22-10-6-11-23-47/h4-40,42-43H,2-3,41H2,1H3/b17-16-,37-33-,52-4+,56-30+. The number of hydrogen-bond acceptors (Lipinski definition) is 2. The van der Waals surface area contributed by atoms with Crippen molar-refractivity contribution in [2.45, 2.75) is 6.92 Å². The van der Waals surface area contributed by atoms with Gasteiger partial charge >= 0.3 is 0 Å². The van der Waals surface area contributed by atoms with E-state index in [9.17, 15) is 0 Å². The second-order valence-corrected chi connectivity index (χ2v) is 15.4. The van der Waals surface area contributed by atoms with Crippen molar-refractivity contribution < 1.29 is 0 Å². The number of allylic oxidation sites excluding steroid dienone is 8. The Hall–Kier alpha value is -7.94. The van der Waals surface area contributed by atoms with Crippen LogP contribution in [-0.4, -0.2) is 6.54 Å². The van der Waals surface area contributed by atoms with Gasteiger partial charge in [0.2, 0.25) is 0 Å². The van der Waals surface area contributed by atoms with E-state index in [0.717, 1.165) is 67.4 Å². The summed E-state index contributed by atoms with van der Waals surface area (Å²) in [6.45, 7) is 12.1. The Balaban J connectivity index is 1.14. The molecule has 0 unspecified atom stereocenters. The topological polar surface area (TPSA) is 6.48 Å². The molecule has 1 aliphatic rings. The molecule has 0 saturated heterocycles. The van der Waals surface area contributed by atoms with Gasteiger partial charge in [-0.3, -0.25) is 0 Å². The van der Waals surface area contributed by atoms with Gasteiger partial charge in [0.05, 0.1) is 0 Å². The first-order chi connectivity index (χ1) is 30.6. The molecular formula is C60H48N2. The highest BCUT2D eigenvalue weighted by Crippen LogP contribution is 2.43. The monoisotopic (exact) mass is 796 g/mol. The van der Waals surface area contributed by atoms with Gasteiger partial charge in [0, 0.05) is 40.6 Å². The van der Waals surface area contributed by atoms with Crippen LogP contribution in [0.3, 0.4) is 0 Å². The third-order valence-corrected chi connectivity index (χ3v) is 11.6. The summed E-state index contributed by atoms with van der Waals surface area (Å²) < 4.78 is 0. The van der Waals surface area contributed by atoms with Crippen molar-refractivity contribution in [2.24, 2.45) is 0 Å². The minimum absolute atomic E-state index is 0.715. The van der Waals surface area contributed by atoms with Crippen molar-refractivity contribution >= 4 is 50.2 Å². The molecule has 0 amide bonds. The van der Waals surface area contributed by atoms with Gasteiger partial charge in [-0.05, 0) is 122 Å². The van der Waals surface area contributed by atoms with E-state index >= 15 is 0 Å². The number of hydrogen-bond donors (Lipinski definition) is 0. The van der Waals surface area contributed by atoms with E-state index in [-0.39, 0.29) is 0 Å². The van der Waals surface area contributed by atoms with Gasteiger partial charge in [0.15, 0.2) is 0 Å². The molecule has 0 aromatic heterocycles. The fourth-order valence-corrected chi connectivity index (χ4v) is 8.38. The Morgan fingerprint density at radius 1 is 0.565 bits per heavy atom. The summed E-state index contributed by atoms with van der Waals surface area (Å²) in [6, 6.07) is 71.2. The molecule has 0 radical (unpaired) electrons. The number of benzene rings is 8. The zero-order chi connectivity index (χ0) is 42.3. The zero-order valence-corrected chi connectivity index (χ0v) is 35.0. The quantitative estimate of drug-likeness (QED) is 0.127. The lowest BCUT2D eigenvalue weighted by Crippen LogP contribution is -2.18. The average Bonchev–Trinajstić information content (AvgIpc) is 3.41. The molecule has 0 atom stereocenters. The molecule has 0 saturated carbocycles. The molecule has 0 spiro atoms. The Labute approximate surface area is 366 Å². The molecule has 8 aromatic rings. The van der Waals surface area contributed by atoms with Gasteiger partial charge < -0.3 is 9.80 Å². The second kappa shape index (κ2) is 18.1. The minimum atomic E-state index is 0.715. The summed E-state index contributed by atoms with van der Waals surface area (Å²) in [7, 11) is 0. The third kappa shape index (κ3) is 8.28. The van der Waals surface area contributed by atoms with Crippen molar-refractivity contribution in [2.75, 3.05) is 16.3 Å². The molecule has 9 rings (SSSR count). The summed E-state index contributed by atoms with van der Waals surface area (Å²) in [5, 5.41) is 2.47. The highest BCUT2D eigenvalue weighted by molar-refractivity contribution is 6.08. The summed E-state index contributed by atoms with van der Waals surface area (Å²) in [6.07, 6.45) is 13.1. The number of nitrogens with zero attached hydrogens (tertiary/aromatic N) is 2. The van der Waals surface area contributed by atoms with E-state index in [2.05, 4.69) is 254 Å². The third-order valence-electron chi connectivity index (χ3n) is 11.6. The fourth-order valence-electron chi connectivity index (χ4n) is 8.38. The molecule has 2 nitrogen and oxygen atoms in total. The second-order valence-electron chi connectivity index (χ2n) is 15.4. The summed E-state index contributed by atoms with van der Waals surface area (Å²) >= 11 is 0. The largest absolute Gasteiger partial charge is 0.337 e. The molecule has 0 N–H and O–H groups in total. The summed E-state index contributed by atoms with van der Waals surface area (Å²) in [4.78, 5) is 4.70. The van der Waals surface area contributed by atoms with Gasteiger partial charge in [-0.1, -0.05) is 195 Å². The number of para-hydroxylation sites is 1. The van der Waals surface area contributed by atoms with Crippen LogP contribution in [0.4, 0.5) is 22.7 Å². The highest BCUT2D eigenvalue weighted by Gasteiger charge is 2.21. The first kappa shape index (κ1) is 39.5. The lowest BCUT2D eigenvalue weighted by molar-refractivity contribution is 1.09. The van der Waals surface area contributed by atoms with Crippen LogP contribution in [0.2, 0.25) is 0 Å². The molecule has 62 heavy (non-hydrogen) atoms. The van der Waals surface area contributed by atoms with Crippen LogP contribution < -0.4 is 9.80 Å². The fraction of sp³-hybridized carbons (Fsp3) is 0.0333. The van der Waals surface area contributed by atoms with Crippen molar-refractivity contribution in [1.82, 2.24) is 0 Å². The normalized spacial score (nSPS) is 14.3. The first-order valence-electron chi connectivity index (χ1n) is 21.2. The predicted octanol–water partition coefficient (Wildman–Crippen LogP) is 16.3. The lowest BCUT2D eigenvalue weighted by atomic mass is 9.89. The van der Waals surface area contributed by atoms with Crippen LogP contribution >= 0.6 is 0 Å². The molecule has 1 heterocycles. The van der Waals surface area contributed by atoms with Gasteiger partial charge in [-0.2, -0.15) is 0 Å². The maximum absolute atomic E-state index is 4.87. The van der Waals surface area contributed by atoms with E-state index < -0.39 is 0 Å². The van der Waals surface area contributed by atoms with Crippen LogP contribution in [-0.2, 0) is 0 Å². The van der Waals surface area contributed by atoms with Crippen LogP contribution in [0.5, 0.6) is 0 Å². The molecule has 0 bridgehead atoms. The highest BCUT2D eigenvalue weighted by atomic mass is 15.1. The van der Waals surface area contributed by atoms with E-state index in [1.807, 2.05) is 6.07 Å². The van der Waals surface area contributed by atoms with Crippen LogP contribution in [0.15, 0.2) is 256 Å². The SMILES string of the molecule is C=C(/C=C\C(=C/C)N(c1ccc(-c2cccc3ccccc23)cc1)c1cccc(/C2=C/C=C\CN(c3ccccc3)c3ccc(-c4ccccc4)cc3C2=C)c1)c1ccccc1. The van der Waals surface area contributed by atoms with E-state index in [4.69, 9.17) is 6.58 Å². The minimum Gasteiger partial charge on any atom is -0.337 e. The van der Waals surface area contributed by atoms with Gasteiger partial charge in [-0.15, -0.1) is 0 Å². The number of anilines is 4. The van der Waals surface area contributed by atoms with Crippen molar-refractivity contribution in [1.29, 1.82) is 0 Å². The Morgan fingerprint density at radius 3 is 2.00 bits per heavy atom. The van der Waals surface area contributed by atoms with Crippen LogP contribution in [0.1, 0.15) is 23.6 Å². The molecule has 2 heteroatoms. The maximum Gasteiger partial charge on any atom is 0.0493 e. The Bertz CT molecular complexity index is 3000. The summed E-state index contributed by atoms with van der Waals surface area (Å²) in [5.41, 5.74) is 16.3.